The normalized spacial score (nSPS) is 20.1. The third kappa shape index (κ3) is 6.41. The molecular formula is C27H45N7O. The summed E-state index contributed by atoms with van der Waals surface area (Å²) in [6.45, 7) is 9.47. The lowest BCUT2D eigenvalue weighted by Gasteiger charge is -2.23. The van der Waals surface area contributed by atoms with E-state index in [1.165, 1.54) is 59.5 Å². The van der Waals surface area contributed by atoms with Gasteiger partial charge in [-0.05, 0) is 89.5 Å². The number of fused-ring (bicyclic) bond motifs is 3. The first-order valence-electron chi connectivity index (χ1n) is 12.7. The molecule has 8 nitrogen and oxygen atoms in total. The summed E-state index contributed by atoms with van der Waals surface area (Å²) in [5.41, 5.74) is 8.25. The average Bonchev–Trinajstić information content (AvgIpc) is 3.56. The molecule has 0 saturated carbocycles. The van der Waals surface area contributed by atoms with Gasteiger partial charge in [-0.25, -0.2) is 0 Å². The highest BCUT2D eigenvalue weighted by molar-refractivity contribution is 5.18. The van der Waals surface area contributed by atoms with Crippen LogP contribution in [0.1, 0.15) is 66.9 Å². The second-order valence-electron chi connectivity index (χ2n) is 9.79. The molecule has 2 atom stereocenters. The molecular weight excluding hydrogens is 438 g/mol. The van der Waals surface area contributed by atoms with Gasteiger partial charge in [0, 0.05) is 36.8 Å². The van der Waals surface area contributed by atoms with Crippen molar-refractivity contribution in [2.24, 2.45) is 0 Å². The van der Waals surface area contributed by atoms with Gasteiger partial charge in [-0.2, -0.15) is 15.3 Å². The SMILES string of the molecule is C.CNC1CCc2c(C)cnn2C1.COC1CCc2c(C)cnn2C1.Cc1cnn2c1CCCC2. The fraction of sp³-hybridized carbons (Fsp3) is 0.667. The van der Waals surface area contributed by atoms with Crippen molar-refractivity contribution in [1.82, 2.24) is 34.7 Å². The minimum Gasteiger partial charge on any atom is -0.380 e. The van der Waals surface area contributed by atoms with Crippen LogP contribution >= 0.6 is 0 Å². The van der Waals surface area contributed by atoms with E-state index < -0.39 is 0 Å². The Morgan fingerprint density at radius 3 is 1.89 bits per heavy atom. The van der Waals surface area contributed by atoms with Crippen molar-refractivity contribution in [2.45, 2.75) is 105 Å². The molecule has 6 rings (SSSR count). The molecule has 0 bridgehead atoms. The molecule has 194 valence electrons. The zero-order valence-corrected chi connectivity index (χ0v) is 21.5. The summed E-state index contributed by atoms with van der Waals surface area (Å²) in [5, 5.41) is 16.2. The zero-order chi connectivity index (χ0) is 24.1. The summed E-state index contributed by atoms with van der Waals surface area (Å²) in [7, 11) is 3.79. The summed E-state index contributed by atoms with van der Waals surface area (Å²) < 4.78 is 11.6. The summed E-state index contributed by atoms with van der Waals surface area (Å²) >= 11 is 0. The molecule has 35 heavy (non-hydrogen) atoms. The van der Waals surface area contributed by atoms with Crippen molar-refractivity contribution >= 4 is 0 Å². The number of hydrogen-bond acceptors (Lipinski definition) is 5. The Bertz CT molecular complexity index is 1010. The first kappa shape index (κ1) is 27.1. The van der Waals surface area contributed by atoms with Crippen molar-refractivity contribution in [1.29, 1.82) is 0 Å². The Labute approximate surface area is 211 Å². The maximum Gasteiger partial charge on any atom is 0.0771 e. The van der Waals surface area contributed by atoms with Gasteiger partial charge in [0.1, 0.15) is 0 Å². The molecule has 0 fully saturated rings. The van der Waals surface area contributed by atoms with Gasteiger partial charge in [-0.15, -0.1) is 0 Å². The molecule has 3 aromatic heterocycles. The van der Waals surface area contributed by atoms with E-state index in [-0.39, 0.29) is 7.43 Å². The van der Waals surface area contributed by atoms with E-state index in [1.807, 2.05) is 25.6 Å². The summed E-state index contributed by atoms with van der Waals surface area (Å²) in [6.07, 6.45) is 14.7. The molecule has 0 aromatic carbocycles. The number of aryl methyl sites for hydroxylation is 4. The fourth-order valence-electron chi connectivity index (χ4n) is 5.17. The van der Waals surface area contributed by atoms with Gasteiger partial charge in [0.05, 0.1) is 37.8 Å². The quantitative estimate of drug-likeness (QED) is 0.595. The van der Waals surface area contributed by atoms with E-state index in [2.05, 4.69) is 55.4 Å². The molecule has 2 unspecified atom stereocenters. The van der Waals surface area contributed by atoms with Gasteiger partial charge >= 0.3 is 0 Å². The summed E-state index contributed by atoms with van der Waals surface area (Å²) in [4.78, 5) is 0. The Balaban J connectivity index is 0.000000145. The Hall–Kier alpha value is -2.45. The van der Waals surface area contributed by atoms with Crippen molar-refractivity contribution in [2.75, 3.05) is 14.2 Å². The number of methoxy groups -OCH3 is 1. The molecule has 6 heterocycles. The van der Waals surface area contributed by atoms with Crippen LogP contribution < -0.4 is 5.32 Å². The van der Waals surface area contributed by atoms with Crippen LogP contribution in [-0.4, -0.2) is 55.6 Å². The van der Waals surface area contributed by atoms with Gasteiger partial charge in [-0.1, -0.05) is 7.43 Å². The van der Waals surface area contributed by atoms with Crippen molar-refractivity contribution in [3.63, 3.8) is 0 Å². The minimum atomic E-state index is 0. The molecule has 0 radical (unpaired) electrons. The highest BCUT2D eigenvalue weighted by atomic mass is 16.5. The number of hydrogen-bond donors (Lipinski definition) is 1. The maximum absolute atomic E-state index is 5.30. The van der Waals surface area contributed by atoms with E-state index in [1.54, 1.807) is 7.11 Å². The molecule has 0 aliphatic carbocycles. The van der Waals surface area contributed by atoms with Gasteiger partial charge < -0.3 is 10.1 Å². The van der Waals surface area contributed by atoms with Crippen LogP contribution in [0, 0.1) is 20.8 Å². The molecule has 0 spiro atoms. The second-order valence-corrected chi connectivity index (χ2v) is 9.79. The van der Waals surface area contributed by atoms with Crippen molar-refractivity contribution in [3.8, 4) is 0 Å². The zero-order valence-electron chi connectivity index (χ0n) is 21.5. The highest BCUT2D eigenvalue weighted by Gasteiger charge is 2.20. The molecule has 0 amide bonds. The second kappa shape index (κ2) is 12.5. The Kier molecular flexibility index (Phi) is 9.69. The number of rotatable bonds is 2. The topological polar surface area (TPSA) is 74.7 Å². The van der Waals surface area contributed by atoms with E-state index in [9.17, 15) is 0 Å². The first-order chi connectivity index (χ1) is 16.5. The van der Waals surface area contributed by atoms with E-state index in [0.717, 1.165) is 38.9 Å². The predicted octanol–water partition coefficient (Wildman–Crippen LogP) is 4.04. The van der Waals surface area contributed by atoms with E-state index >= 15 is 0 Å². The molecule has 3 aromatic rings. The summed E-state index contributed by atoms with van der Waals surface area (Å²) in [6, 6.07) is 0.608. The molecule has 3 aliphatic heterocycles. The number of likely N-dealkylation sites (N-methyl/N-ethyl adjacent to an activating group) is 1. The van der Waals surface area contributed by atoms with Crippen LogP contribution in [0.15, 0.2) is 18.6 Å². The molecule has 0 saturated heterocycles. The van der Waals surface area contributed by atoms with E-state index in [0.29, 0.717) is 12.1 Å². The van der Waals surface area contributed by atoms with E-state index in [4.69, 9.17) is 4.74 Å². The maximum atomic E-state index is 5.30. The molecule has 1 N–H and O–H groups in total. The van der Waals surface area contributed by atoms with Gasteiger partial charge in [0.25, 0.3) is 0 Å². The average molecular weight is 484 g/mol. The lowest BCUT2D eigenvalue weighted by atomic mass is 10.0. The van der Waals surface area contributed by atoms with Crippen LogP contribution in [0.4, 0.5) is 0 Å². The third-order valence-corrected chi connectivity index (χ3v) is 7.45. The number of nitrogens with one attached hydrogen (secondary N) is 1. The monoisotopic (exact) mass is 483 g/mol. The van der Waals surface area contributed by atoms with Crippen LogP contribution in [0.3, 0.4) is 0 Å². The Morgan fingerprint density at radius 2 is 1.31 bits per heavy atom. The van der Waals surface area contributed by atoms with Gasteiger partial charge in [-0.3, -0.25) is 14.0 Å². The number of nitrogens with zero attached hydrogens (tertiary/aromatic N) is 6. The van der Waals surface area contributed by atoms with Crippen LogP contribution in [-0.2, 0) is 43.6 Å². The number of aromatic nitrogens is 6. The lowest BCUT2D eigenvalue weighted by Crippen LogP contribution is -2.35. The Morgan fingerprint density at radius 1 is 0.771 bits per heavy atom. The predicted molar refractivity (Wildman–Crippen MR) is 141 cm³/mol. The number of ether oxygens (including phenoxy) is 1. The van der Waals surface area contributed by atoms with Crippen molar-refractivity contribution in [3.05, 3.63) is 52.4 Å². The molecule has 3 aliphatic rings. The first-order valence-corrected chi connectivity index (χ1v) is 12.7. The van der Waals surface area contributed by atoms with Crippen LogP contribution in [0.5, 0.6) is 0 Å². The largest absolute Gasteiger partial charge is 0.380 e. The minimum absolute atomic E-state index is 0. The third-order valence-electron chi connectivity index (χ3n) is 7.45. The van der Waals surface area contributed by atoms with Crippen LogP contribution in [0.2, 0.25) is 0 Å². The highest BCUT2D eigenvalue weighted by Crippen LogP contribution is 2.19. The molecule has 8 heteroatoms. The van der Waals surface area contributed by atoms with Gasteiger partial charge in [0.15, 0.2) is 0 Å². The summed E-state index contributed by atoms with van der Waals surface area (Å²) in [5.74, 6) is 0. The van der Waals surface area contributed by atoms with Gasteiger partial charge in [0.2, 0.25) is 0 Å². The van der Waals surface area contributed by atoms with Crippen LogP contribution in [0.25, 0.3) is 0 Å². The van der Waals surface area contributed by atoms with Crippen molar-refractivity contribution < 1.29 is 4.74 Å². The standard InChI is InChI=1S/C9H15N3.C9H14N2O.C8H12N2.CH4/c1-7-5-11-12-6-8(10-2)3-4-9(7)12;1-7-5-10-11-6-8(12-2)3-4-9(7)11;1-7-6-9-10-5-3-2-4-8(7)10;/h5,8,10H,3-4,6H2,1-2H3;5,8H,3-4,6H2,1-2H3;6H,2-5H2,1H3;1H4. The smallest absolute Gasteiger partial charge is 0.0771 e. The fourth-order valence-corrected chi connectivity index (χ4v) is 5.17. The lowest BCUT2D eigenvalue weighted by molar-refractivity contribution is 0.0672.